The van der Waals surface area contributed by atoms with Crippen LogP contribution in [0.5, 0.6) is 0 Å². The first-order chi connectivity index (χ1) is 13.7. The molecule has 0 unspecified atom stereocenters. The highest BCUT2D eigenvalue weighted by Gasteiger charge is 2.27. The number of nitrogens with zero attached hydrogens (tertiary/aromatic N) is 1. The average molecular weight is 401 g/mol. The van der Waals surface area contributed by atoms with Crippen LogP contribution in [-0.4, -0.2) is 34.7 Å². The standard InChI is InChI=1S/C19H25FN2O2.C5H8/c1-19(2,3)24-18(23)22-8-6-13(7-9-22)10-14-12-21-17-5-4-15(20)11-16(14)17;1-3-5-4-2/h4-5,11-13,21H,6-10H2,1-3H3;3-5H,1H2,2H3/b;5-4-. The number of hydrogen-bond acceptors (Lipinski definition) is 2. The molecule has 1 saturated heterocycles. The van der Waals surface area contributed by atoms with Gasteiger partial charge in [-0.05, 0) is 76.6 Å². The monoisotopic (exact) mass is 400 g/mol. The number of piperidine rings is 1. The predicted molar refractivity (Wildman–Crippen MR) is 118 cm³/mol. The molecule has 158 valence electrons. The molecule has 2 aromatic rings. The quantitative estimate of drug-likeness (QED) is 0.619. The largest absolute Gasteiger partial charge is 0.444 e. The molecule has 0 bridgehead atoms. The third kappa shape index (κ3) is 7.08. The number of nitrogens with one attached hydrogen (secondary N) is 1. The molecule has 0 radical (unpaired) electrons. The Balaban J connectivity index is 0.000000537. The SMILES string of the molecule is C=C/C=C\C.CC(C)(C)OC(=O)N1CCC(Cc2c[nH]c3ccc(F)cc23)CC1. The molecule has 5 heteroatoms. The molecule has 0 aliphatic carbocycles. The molecular formula is C24H33FN2O2. The number of aromatic nitrogens is 1. The van der Waals surface area contributed by atoms with E-state index in [4.69, 9.17) is 4.74 Å². The molecular weight excluding hydrogens is 367 g/mol. The first-order valence-corrected chi connectivity index (χ1v) is 10.2. The molecule has 3 rings (SSSR count). The van der Waals surface area contributed by atoms with Gasteiger partial charge in [-0.2, -0.15) is 0 Å². The summed E-state index contributed by atoms with van der Waals surface area (Å²) in [5.74, 6) is 0.300. The summed E-state index contributed by atoms with van der Waals surface area (Å²) in [4.78, 5) is 17.1. The van der Waals surface area contributed by atoms with E-state index in [1.54, 1.807) is 23.1 Å². The van der Waals surface area contributed by atoms with Crippen molar-refractivity contribution in [2.75, 3.05) is 13.1 Å². The number of halogens is 1. The number of benzene rings is 1. The van der Waals surface area contributed by atoms with Gasteiger partial charge in [0.15, 0.2) is 0 Å². The molecule has 2 heterocycles. The van der Waals surface area contributed by atoms with Gasteiger partial charge in [0.2, 0.25) is 0 Å². The number of amides is 1. The minimum Gasteiger partial charge on any atom is -0.444 e. The van der Waals surface area contributed by atoms with Crippen molar-refractivity contribution in [1.82, 2.24) is 9.88 Å². The summed E-state index contributed by atoms with van der Waals surface area (Å²) in [6.07, 6.45) is 10.1. The van der Waals surface area contributed by atoms with E-state index in [2.05, 4.69) is 11.6 Å². The Labute approximate surface area is 173 Å². The van der Waals surface area contributed by atoms with Gasteiger partial charge in [-0.25, -0.2) is 9.18 Å². The van der Waals surface area contributed by atoms with Crippen LogP contribution in [0.2, 0.25) is 0 Å². The minimum atomic E-state index is -0.456. The van der Waals surface area contributed by atoms with Gasteiger partial charge >= 0.3 is 6.09 Å². The summed E-state index contributed by atoms with van der Waals surface area (Å²) < 4.78 is 18.9. The number of H-pyrrole nitrogens is 1. The van der Waals surface area contributed by atoms with E-state index in [9.17, 15) is 9.18 Å². The Kier molecular flexibility index (Phi) is 8.06. The van der Waals surface area contributed by atoms with E-state index in [0.717, 1.165) is 48.8 Å². The van der Waals surface area contributed by atoms with Crippen molar-refractivity contribution in [3.63, 3.8) is 0 Å². The van der Waals surface area contributed by atoms with Gasteiger partial charge in [0.05, 0.1) is 0 Å². The second-order valence-electron chi connectivity index (χ2n) is 8.38. The molecule has 0 spiro atoms. The van der Waals surface area contributed by atoms with E-state index >= 15 is 0 Å². The van der Waals surface area contributed by atoms with Crippen molar-refractivity contribution in [2.24, 2.45) is 5.92 Å². The van der Waals surface area contributed by atoms with Gasteiger partial charge in [0, 0.05) is 30.2 Å². The van der Waals surface area contributed by atoms with Crippen LogP contribution in [0.4, 0.5) is 9.18 Å². The molecule has 0 atom stereocenters. The second kappa shape index (κ2) is 10.3. The molecule has 1 aromatic heterocycles. The molecule has 1 aliphatic rings. The Morgan fingerprint density at radius 1 is 1.34 bits per heavy atom. The van der Waals surface area contributed by atoms with Crippen LogP contribution in [0.3, 0.4) is 0 Å². The normalized spacial score (nSPS) is 15.3. The Morgan fingerprint density at radius 2 is 2.03 bits per heavy atom. The summed E-state index contributed by atoms with van der Waals surface area (Å²) in [5, 5.41) is 0.963. The third-order valence-electron chi connectivity index (χ3n) is 4.83. The van der Waals surface area contributed by atoms with Crippen LogP contribution in [0, 0.1) is 11.7 Å². The van der Waals surface area contributed by atoms with E-state index in [0.29, 0.717) is 5.92 Å². The molecule has 1 amide bonds. The van der Waals surface area contributed by atoms with Crippen molar-refractivity contribution in [1.29, 1.82) is 0 Å². The highest BCUT2D eigenvalue weighted by Crippen LogP contribution is 2.27. The Morgan fingerprint density at radius 3 is 2.59 bits per heavy atom. The summed E-state index contributed by atoms with van der Waals surface area (Å²) in [6, 6.07) is 4.85. The summed E-state index contributed by atoms with van der Waals surface area (Å²) >= 11 is 0. The van der Waals surface area contributed by atoms with Crippen LogP contribution >= 0.6 is 0 Å². The number of carbonyl (C=O) groups excluding carboxylic acids is 1. The maximum absolute atomic E-state index is 13.5. The number of allylic oxidation sites excluding steroid dienone is 3. The summed E-state index contributed by atoms with van der Waals surface area (Å²) in [7, 11) is 0. The van der Waals surface area contributed by atoms with Crippen LogP contribution in [0.1, 0.15) is 46.1 Å². The average Bonchev–Trinajstić information content (AvgIpc) is 3.04. The summed E-state index contributed by atoms with van der Waals surface area (Å²) in [6.45, 7) is 12.5. The fourth-order valence-corrected chi connectivity index (χ4v) is 3.41. The van der Waals surface area contributed by atoms with E-state index in [1.165, 1.54) is 6.07 Å². The van der Waals surface area contributed by atoms with E-state index < -0.39 is 5.60 Å². The fourth-order valence-electron chi connectivity index (χ4n) is 3.41. The lowest BCUT2D eigenvalue weighted by molar-refractivity contribution is 0.0184. The molecule has 4 nitrogen and oxygen atoms in total. The van der Waals surface area contributed by atoms with Crippen LogP contribution in [-0.2, 0) is 11.2 Å². The number of rotatable bonds is 3. The van der Waals surface area contributed by atoms with Crippen molar-refractivity contribution in [2.45, 2.75) is 52.6 Å². The van der Waals surface area contributed by atoms with Gasteiger partial charge in [-0.15, -0.1) is 0 Å². The van der Waals surface area contributed by atoms with Crippen LogP contribution in [0.15, 0.2) is 49.2 Å². The fraction of sp³-hybridized carbons (Fsp3) is 0.458. The minimum absolute atomic E-state index is 0.205. The highest BCUT2D eigenvalue weighted by atomic mass is 19.1. The maximum Gasteiger partial charge on any atom is 0.410 e. The number of likely N-dealkylation sites (tertiary alicyclic amines) is 1. The lowest BCUT2D eigenvalue weighted by Crippen LogP contribution is -2.42. The molecule has 29 heavy (non-hydrogen) atoms. The zero-order valence-corrected chi connectivity index (χ0v) is 18.0. The lowest BCUT2D eigenvalue weighted by Gasteiger charge is -2.33. The first kappa shape index (κ1) is 22.7. The first-order valence-electron chi connectivity index (χ1n) is 10.2. The number of fused-ring (bicyclic) bond motifs is 1. The van der Waals surface area contributed by atoms with Crippen molar-refractivity contribution < 1.29 is 13.9 Å². The highest BCUT2D eigenvalue weighted by molar-refractivity contribution is 5.83. The van der Waals surface area contributed by atoms with Crippen molar-refractivity contribution in [3.8, 4) is 0 Å². The van der Waals surface area contributed by atoms with Gasteiger partial charge in [-0.1, -0.05) is 24.8 Å². The number of hydrogen-bond donors (Lipinski definition) is 1. The zero-order valence-electron chi connectivity index (χ0n) is 18.0. The number of ether oxygens (including phenoxy) is 1. The molecule has 1 N–H and O–H groups in total. The van der Waals surface area contributed by atoms with Crippen LogP contribution < -0.4 is 0 Å². The number of carbonyl (C=O) groups is 1. The molecule has 0 saturated carbocycles. The van der Waals surface area contributed by atoms with Crippen molar-refractivity contribution in [3.05, 3.63) is 60.6 Å². The van der Waals surface area contributed by atoms with E-state index in [1.807, 2.05) is 46.0 Å². The topological polar surface area (TPSA) is 45.3 Å². The number of aromatic amines is 1. The Bertz CT molecular complexity index is 840. The Hall–Kier alpha value is -2.56. The predicted octanol–water partition coefficient (Wildman–Crippen LogP) is 6.25. The van der Waals surface area contributed by atoms with Crippen LogP contribution in [0.25, 0.3) is 10.9 Å². The molecule has 1 fully saturated rings. The van der Waals surface area contributed by atoms with Gasteiger partial charge in [0.1, 0.15) is 11.4 Å². The zero-order chi connectivity index (χ0) is 21.4. The van der Waals surface area contributed by atoms with Gasteiger partial charge in [0.25, 0.3) is 0 Å². The summed E-state index contributed by atoms with van der Waals surface area (Å²) in [5.41, 5.74) is 1.67. The van der Waals surface area contributed by atoms with Crippen molar-refractivity contribution >= 4 is 17.0 Å². The molecule has 1 aromatic carbocycles. The second-order valence-corrected chi connectivity index (χ2v) is 8.38. The third-order valence-corrected chi connectivity index (χ3v) is 4.83. The molecule has 1 aliphatic heterocycles. The maximum atomic E-state index is 13.5. The lowest BCUT2D eigenvalue weighted by atomic mass is 9.90. The van der Waals surface area contributed by atoms with E-state index in [-0.39, 0.29) is 11.9 Å². The van der Waals surface area contributed by atoms with Gasteiger partial charge < -0.3 is 14.6 Å². The smallest absolute Gasteiger partial charge is 0.410 e. The van der Waals surface area contributed by atoms with Gasteiger partial charge in [-0.3, -0.25) is 0 Å².